The van der Waals surface area contributed by atoms with Crippen LogP contribution in [0.4, 0.5) is 0 Å². The molecular weight excluding hydrogens is 314 g/mol. The molecule has 1 aromatic carbocycles. The molecule has 0 fully saturated rings. The summed E-state index contributed by atoms with van der Waals surface area (Å²) < 4.78 is 0. The zero-order valence-corrected chi connectivity index (χ0v) is 15.1. The number of hydrogen-bond donors (Lipinski definition) is 1. The first-order valence-corrected chi connectivity index (χ1v) is 8.57. The van der Waals surface area contributed by atoms with E-state index in [1.165, 1.54) is 0 Å². The number of aromatic nitrogens is 2. The van der Waals surface area contributed by atoms with E-state index in [1.807, 2.05) is 49.4 Å². The van der Waals surface area contributed by atoms with Crippen molar-refractivity contribution in [1.82, 2.24) is 14.9 Å². The van der Waals surface area contributed by atoms with Crippen molar-refractivity contribution in [3.05, 3.63) is 69.4 Å². The Bertz CT molecular complexity index is 794. The van der Waals surface area contributed by atoms with Crippen molar-refractivity contribution in [1.29, 1.82) is 0 Å². The first kappa shape index (κ1) is 18.6. The molecule has 0 aliphatic rings. The standard InChI is InChI=1S/C20H25N3O2/c1-4-12-23(13-8-11-17-9-6-5-7-10-17)19(24)14-18-15(2)21-16(3)22-20(18)25/h5-11H,4,12-14H2,1-3H3,(H,21,22,25)/b11-8+. The Kier molecular flexibility index (Phi) is 6.69. The highest BCUT2D eigenvalue weighted by Gasteiger charge is 2.16. The average Bonchev–Trinajstić information content (AvgIpc) is 2.58. The Morgan fingerprint density at radius 3 is 2.60 bits per heavy atom. The zero-order chi connectivity index (χ0) is 18.2. The zero-order valence-electron chi connectivity index (χ0n) is 15.1. The van der Waals surface area contributed by atoms with Crippen LogP contribution in [0, 0.1) is 13.8 Å². The molecule has 0 atom stereocenters. The number of carbonyl (C=O) groups is 1. The predicted octanol–water partition coefficient (Wildman–Crippen LogP) is 2.88. The molecule has 5 nitrogen and oxygen atoms in total. The summed E-state index contributed by atoms with van der Waals surface area (Å²) in [7, 11) is 0. The number of aromatic amines is 1. The van der Waals surface area contributed by atoms with Gasteiger partial charge in [-0.2, -0.15) is 0 Å². The highest BCUT2D eigenvalue weighted by molar-refractivity contribution is 5.79. The third kappa shape index (κ3) is 5.41. The Balaban J connectivity index is 2.08. The number of nitrogens with zero attached hydrogens (tertiary/aromatic N) is 2. The minimum absolute atomic E-state index is 0.0567. The van der Waals surface area contributed by atoms with E-state index in [9.17, 15) is 9.59 Å². The maximum atomic E-state index is 12.6. The lowest BCUT2D eigenvalue weighted by Crippen LogP contribution is -2.35. The molecule has 0 spiro atoms. The van der Waals surface area contributed by atoms with Crippen LogP contribution in [0.1, 0.15) is 36.0 Å². The topological polar surface area (TPSA) is 66.1 Å². The molecule has 0 saturated carbocycles. The van der Waals surface area contributed by atoms with Gasteiger partial charge in [0.25, 0.3) is 5.56 Å². The van der Waals surface area contributed by atoms with Crippen LogP contribution in [0.5, 0.6) is 0 Å². The van der Waals surface area contributed by atoms with E-state index in [0.29, 0.717) is 30.2 Å². The predicted molar refractivity (Wildman–Crippen MR) is 100 cm³/mol. The number of amides is 1. The van der Waals surface area contributed by atoms with Gasteiger partial charge in [-0.05, 0) is 25.8 Å². The summed E-state index contributed by atoms with van der Waals surface area (Å²) in [6, 6.07) is 9.97. The van der Waals surface area contributed by atoms with Gasteiger partial charge in [0.2, 0.25) is 5.91 Å². The van der Waals surface area contributed by atoms with Gasteiger partial charge in [0.15, 0.2) is 0 Å². The van der Waals surface area contributed by atoms with Crippen LogP contribution in [-0.2, 0) is 11.2 Å². The number of rotatable bonds is 7. The minimum Gasteiger partial charge on any atom is -0.339 e. The van der Waals surface area contributed by atoms with Gasteiger partial charge < -0.3 is 9.88 Å². The SMILES string of the molecule is CCCN(C/C=C/c1ccccc1)C(=O)Cc1c(C)nc(C)[nH]c1=O. The second-order valence-corrected chi connectivity index (χ2v) is 6.04. The fourth-order valence-electron chi connectivity index (χ4n) is 2.69. The van der Waals surface area contributed by atoms with Gasteiger partial charge in [0.05, 0.1) is 6.42 Å². The quantitative estimate of drug-likeness (QED) is 0.843. The fraction of sp³-hybridized carbons (Fsp3) is 0.350. The molecule has 0 unspecified atom stereocenters. The van der Waals surface area contributed by atoms with Crippen molar-refractivity contribution in [2.45, 2.75) is 33.6 Å². The summed E-state index contributed by atoms with van der Waals surface area (Å²) >= 11 is 0. The van der Waals surface area contributed by atoms with Gasteiger partial charge in [0, 0.05) is 24.3 Å². The van der Waals surface area contributed by atoms with Gasteiger partial charge in [-0.3, -0.25) is 9.59 Å². The average molecular weight is 339 g/mol. The Hall–Kier alpha value is -2.69. The monoisotopic (exact) mass is 339 g/mol. The molecule has 2 aromatic rings. The molecule has 0 aliphatic heterocycles. The van der Waals surface area contributed by atoms with Gasteiger partial charge in [0.1, 0.15) is 5.82 Å². The van der Waals surface area contributed by atoms with Crippen LogP contribution >= 0.6 is 0 Å². The van der Waals surface area contributed by atoms with Gasteiger partial charge in [-0.25, -0.2) is 4.98 Å². The van der Waals surface area contributed by atoms with E-state index in [1.54, 1.807) is 18.7 Å². The third-order valence-corrected chi connectivity index (χ3v) is 3.95. The van der Waals surface area contributed by atoms with Crippen molar-refractivity contribution in [2.24, 2.45) is 0 Å². The molecule has 1 N–H and O–H groups in total. The summed E-state index contributed by atoms with van der Waals surface area (Å²) in [6.07, 6.45) is 4.93. The van der Waals surface area contributed by atoms with Crippen LogP contribution in [-0.4, -0.2) is 33.9 Å². The minimum atomic E-state index is -0.227. The Morgan fingerprint density at radius 2 is 1.96 bits per heavy atom. The normalized spacial score (nSPS) is 11.0. The summed E-state index contributed by atoms with van der Waals surface area (Å²) in [6.45, 7) is 6.72. The summed E-state index contributed by atoms with van der Waals surface area (Å²) in [4.78, 5) is 33.4. The summed E-state index contributed by atoms with van der Waals surface area (Å²) in [5, 5.41) is 0. The smallest absolute Gasteiger partial charge is 0.254 e. The van der Waals surface area contributed by atoms with E-state index in [0.717, 1.165) is 12.0 Å². The highest BCUT2D eigenvalue weighted by atomic mass is 16.2. The van der Waals surface area contributed by atoms with Gasteiger partial charge in [-0.15, -0.1) is 0 Å². The van der Waals surface area contributed by atoms with Crippen molar-refractivity contribution in [2.75, 3.05) is 13.1 Å². The van der Waals surface area contributed by atoms with Crippen molar-refractivity contribution < 1.29 is 4.79 Å². The number of hydrogen-bond acceptors (Lipinski definition) is 3. The molecule has 0 bridgehead atoms. The largest absolute Gasteiger partial charge is 0.339 e. The fourth-order valence-corrected chi connectivity index (χ4v) is 2.69. The lowest BCUT2D eigenvalue weighted by atomic mass is 10.1. The Morgan fingerprint density at radius 1 is 1.24 bits per heavy atom. The van der Waals surface area contributed by atoms with Crippen LogP contribution in [0.15, 0.2) is 41.2 Å². The van der Waals surface area contributed by atoms with Crippen LogP contribution < -0.4 is 5.56 Å². The maximum Gasteiger partial charge on any atom is 0.254 e. The first-order chi connectivity index (χ1) is 12.0. The van der Waals surface area contributed by atoms with E-state index < -0.39 is 0 Å². The molecule has 1 aromatic heterocycles. The van der Waals surface area contributed by atoms with Gasteiger partial charge in [-0.1, -0.05) is 49.4 Å². The molecule has 25 heavy (non-hydrogen) atoms. The number of aryl methyl sites for hydroxylation is 2. The second-order valence-electron chi connectivity index (χ2n) is 6.04. The second kappa shape index (κ2) is 8.97. The van der Waals surface area contributed by atoms with E-state index in [4.69, 9.17) is 0 Å². The van der Waals surface area contributed by atoms with Crippen LogP contribution in [0.25, 0.3) is 6.08 Å². The lowest BCUT2D eigenvalue weighted by Gasteiger charge is -2.20. The van der Waals surface area contributed by atoms with E-state index >= 15 is 0 Å². The number of benzene rings is 1. The molecule has 1 amide bonds. The van der Waals surface area contributed by atoms with Crippen molar-refractivity contribution >= 4 is 12.0 Å². The molecule has 0 saturated heterocycles. The molecule has 2 rings (SSSR count). The number of nitrogens with one attached hydrogen (secondary N) is 1. The van der Waals surface area contributed by atoms with Crippen molar-refractivity contribution in [3.8, 4) is 0 Å². The molecule has 0 radical (unpaired) electrons. The third-order valence-electron chi connectivity index (χ3n) is 3.95. The number of H-pyrrole nitrogens is 1. The Labute approximate surface area is 148 Å². The lowest BCUT2D eigenvalue weighted by molar-refractivity contribution is -0.130. The van der Waals surface area contributed by atoms with E-state index in [2.05, 4.69) is 9.97 Å². The van der Waals surface area contributed by atoms with Crippen LogP contribution in [0.3, 0.4) is 0 Å². The molecule has 0 aliphatic carbocycles. The summed E-state index contributed by atoms with van der Waals surface area (Å²) in [5.74, 6) is 0.508. The molecular formula is C20H25N3O2. The highest BCUT2D eigenvalue weighted by Crippen LogP contribution is 2.06. The van der Waals surface area contributed by atoms with Gasteiger partial charge >= 0.3 is 0 Å². The maximum absolute atomic E-state index is 12.6. The van der Waals surface area contributed by atoms with Crippen molar-refractivity contribution in [3.63, 3.8) is 0 Å². The molecule has 5 heteroatoms. The summed E-state index contributed by atoms with van der Waals surface area (Å²) in [5.41, 5.74) is 1.94. The van der Waals surface area contributed by atoms with E-state index in [-0.39, 0.29) is 17.9 Å². The number of carbonyl (C=O) groups excluding carboxylic acids is 1. The van der Waals surface area contributed by atoms with Crippen LogP contribution in [0.2, 0.25) is 0 Å². The molecule has 132 valence electrons. The first-order valence-electron chi connectivity index (χ1n) is 8.57. The molecule has 1 heterocycles.